The van der Waals surface area contributed by atoms with Crippen LogP contribution in [0.15, 0.2) is 0 Å². The second-order valence-corrected chi connectivity index (χ2v) is 5.13. The second kappa shape index (κ2) is 7.14. The highest BCUT2D eigenvalue weighted by atomic mass is 16.4. The highest BCUT2D eigenvalue weighted by Gasteiger charge is 2.21. The maximum absolute atomic E-state index is 11.6. The van der Waals surface area contributed by atoms with E-state index in [2.05, 4.69) is 24.5 Å². The molecule has 5 nitrogen and oxygen atoms in total. The van der Waals surface area contributed by atoms with E-state index in [4.69, 9.17) is 5.11 Å². The number of carboxylic acids is 1. The number of urea groups is 1. The smallest absolute Gasteiger partial charge is 0.315 e. The topological polar surface area (TPSA) is 78.4 Å². The maximum Gasteiger partial charge on any atom is 0.315 e. The minimum Gasteiger partial charge on any atom is -0.481 e. The van der Waals surface area contributed by atoms with Crippen LogP contribution in [0.25, 0.3) is 0 Å². The van der Waals surface area contributed by atoms with Gasteiger partial charge in [0.1, 0.15) is 0 Å². The molecule has 0 spiro atoms. The maximum atomic E-state index is 11.6. The van der Waals surface area contributed by atoms with Gasteiger partial charge in [0.05, 0.1) is 0 Å². The monoisotopic (exact) mass is 244 g/mol. The van der Waals surface area contributed by atoms with Crippen LogP contribution >= 0.6 is 0 Å². The zero-order valence-electron chi connectivity index (χ0n) is 11.2. The second-order valence-electron chi connectivity index (χ2n) is 5.13. The number of hydrogen-bond donors (Lipinski definition) is 3. The number of aliphatic carboxylic acids is 1. The molecule has 5 heteroatoms. The summed E-state index contributed by atoms with van der Waals surface area (Å²) in [7, 11) is 0. The van der Waals surface area contributed by atoms with Crippen molar-refractivity contribution < 1.29 is 14.7 Å². The molecule has 0 radical (unpaired) electrons. The molecule has 0 aliphatic heterocycles. The Kier molecular flexibility index (Phi) is 6.61. The van der Waals surface area contributed by atoms with Crippen molar-refractivity contribution in [2.45, 2.75) is 52.5 Å². The molecule has 0 heterocycles. The molecule has 0 rings (SSSR count). The van der Waals surface area contributed by atoms with Gasteiger partial charge in [-0.2, -0.15) is 0 Å². The van der Waals surface area contributed by atoms with E-state index in [1.165, 1.54) is 0 Å². The highest BCUT2D eigenvalue weighted by Crippen LogP contribution is 2.10. The summed E-state index contributed by atoms with van der Waals surface area (Å²) in [5.74, 6) is -0.400. The lowest BCUT2D eigenvalue weighted by Gasteiger charge is -2.26. The molecule has 1 atom stereocenters. The van der Waals surface area contributed by atoms with Gasteiger partial charge < -0.3 is 15.7 Å². The van der Waals surface area contributed by atoms with Gasteiger partial charge in [0, 0.05) is 18.5 Å². The summed E-state index contributed by atoms with van der Waals surface area (Å²) >= 11 is 0. The minimum atomic E-state index is -0.847. The van der Waals surface area contributed by atoms with Crippen molar-refractivity contribution in [2.75, 3.05) is 6.54 Å². The van der Waals surface area contributed by atoms with E-state index in [0.29, 0.717) is 18.9 Å². The van der Waals surface area contributed by atoms with E-state index in [-0.39, 0.29) is 12.5 Å². The van der Waals surface area contributed by atoms with Crippen LogP contribution in [-0.2, 0) is 4.79 Å². The summed E-state index contributed by atoms with van der Waals surface area (Å²) in [6.45, 7) is 8.41. The molecule has 0 bridgehead atoms. The van der Waals surface area contributed by atoms with Gasteiger partial charge in [-0.3, -0.25) is 4.79 Å². The Morgan fingerprint density at radius 1 is 1.35 bits per heavy atom. The molecule has 0 aromatic rings. The summed E-state index contributed by atoms with van der Waals surface area (Å²) in [6, 6.07) is -0.235. The first-order valence-corrected chi connectivity index (χ1v) is 6.04. The summed E-state index contributed by atoms with van der Waals surface area (Å²) in [6.07, 6.45) is 1.49. The highest BCUT2D eigenvalue weighted by molar-refractivity contribution is 5.74. The summed E-state index contributed by atoms with van der Waals surface area (Å²) < 4.78 is 0. The fourth-order valence-corrected chi connectivity index (χ4v) is 1.24. The Bertz CT molecular complexity index is 264. The van der Waals surface area contributed by atoms with E-state index >= 15 is 0 Å². The molecule has 0 saturated heterocycles. The quantitative estimate of drug-likeness (QED) is 0.640. The van der Waals surface area contributed by atoms with Gasteiger partial charge in [-0.1, -0.05) is 20.3 Å². The molecule has 3 N–H and O–H groups in total. The van der Waals surface area contributed by atoms with Crippen molar-refractivity contribution in [3.8, 4) is 0 Å². The third kappa shape index (κ3) is 8.54. The van der Waals surface area contributed by atoms with Gasteiger partial charge in [0.15, 0.2) is 0 Å². The van der Waals surface area contributed by atoms with Crippen LogP contribution in [0.2, 0.25) is 0 Å². The minimum absolute atomic E-state index is 0.0542. The molecule has 0 aromatic heterocycles. The van der Waals surface area contributed by atoms with Gasteiger partial charge in [-0.25, -0.2) is 4.79 Å². The molecule has 0 aromatic carbocycles. The Morgan fingerprint density at radius 3 is 2.41 bits per heavy atom. The number of amides is 2. The SMILES string of the molecule is CCC(C)CNC(=O)NC(C)(C)CCC(=O)O. The molecule has 0 aliphatic carbocycles. The summed E-state index contributed by atoms with van der Waals surface area (Å²) in [5, 5.41) is 14.1. The van der Waals surface area contributed by atoms with E-state index in [1.54, 1.807) is 0 Å². The number of rotatable bonds is 7. The van der Waals surface area contributed by atoms with Crippen LogP contribution in [0.5, 0.6) is 0 Å². The Hall–Kier alpha value is -1.26. The van der Waals surface area contributed by atoms with Gasteiger partial charge >= 0.3 is 12.0 Å². The number of carboxylic acid groups (broad SMARTS) is 1. The van der Waals surface area contributed by atoms with Crippen molar-refractivity contribution in [2.24, 2.45) is 5.92 Å². The van der Waals surface area contributed by atoms with Crippen LogP contribution in [0.3, 0.4) is 0 Å². The average Bonchev–Trinajstić information content (AvgIpc) is 2.22. The van der Waals surface area contributed by atoms with Crippen LogP contribution in [0.1, 0.15) is 47.0 Å². The first-order valence-electron chi connectivity index (χ1n) is 6.04. The Labute approximate surface area is 103 Å². The molecular weight excluding hydrogens is 220 g/mol. The zero-order chi connectivity index (χ0) is 13.5. The fraction of sp³-hybridized carbons (Fsp3) is 0.833. The Morgan fingerprint density at radius 2 is 1.94 bits per heavy atom. The van der Waals surface area contributed by atoms with Crippen molar-refractivity contribution in [3.05, 3.63) is 0 Å². The number of nitrogens with one attached hydrogen (secondary N) is 2. The number of carbonyl (C=O) groups excluding carboxylic acids is 1. The molecule has 0 saturated carbocycles. The number of hydrogen-bond acceptors (Lipinski definition) is 2. The Balaban J connectivity index is 3.96. The lowest BCUT2D eigenvalue weighted by molar-refractivity contribution is -0.137. The van der Waals surface area contributed by atoms with Gasteiger partial charge in [-0.15, -0.1) is 0 Å². The summed E-state index contributed by atoms with van der Waals surface area (Å²) in [4.78, 5) is 22.0. The summed E-state index contributed by atoms with van der Waals surface area (Å²) in [5.41, 5.74) is -0.502. The molecule has 100 valence electrons. The van der Waals surface area contributed by atoms with Gasteiger partial charge in [0.2, 0.25) is 0 Å². The third-order valence-corrected chi connectivity index (χ3v) is 2.72. The normalized spacial score (nSPS) is 12.9. The van der Waals surface area contributed by atoms with E-state index in [0.717, 1.165) is 6.42 Å². The van der Waals surface area contributed by atoms with Gasteiger partial charge in [0.25, 0.3) is 0 Å². The standard InChI is InChI=1S/C12H24N2O3/c1-5-9(2)8-13-11(17)14-12(3,4)7-6-10(15)16/h9H,5-8H2,1-4H3,(H,15,16)(H2,13,14,17). The van der Waals surface area contributed by atoms with Gasteiger partial charge in [-0.05, 0) is 26.2 Å². The first-order chi connectivity index (χ1) is 7.76. The van der Waals surface area contributed by atoms with Crippen LogP contribution < -0.4 is 10.6 Å². The van der Waals surface area contributed by atoms with Crippen LogP contribution in [-0.4, -0.2) is 29.2 Å². The van der Waals surface area contributed by atoms with E-state index in [9.17, 15) is 9.59 Å². The first kappa shape index (κ1) is 15.7. The third-order valence-electron chi connectivity index (χ3n) is 2.72. The molecule has 0 aliphatic rings. The fourth-order valence-electron chi connectivity index (χ4n) is 1.24. The van der Waals surface area contributed by atoms with Crippen molar-refractivity contribution >= 4 is 12.0 Å². The molecular formula is C12H24N2O3. The molecule has 1 unspecified atom stereocenters. The average molecular weight is 244 g/mol. The predicted molar refractivity (Wildman–Crippen MR) is 66.9 cm³/mol. The molecule has 2 amide bonds. The molecule has 0 fully saturated rings. The largest absolute Gasteiger partial charge is 0.481 e. The van der Waals surface area contributed by atoms with Crippen molar-refractivity contribution in [1.29, 1.82) is 0 Å². The van der Waals surface area contributed by atoms with Crippen LogP contribution in [0, 0.1) is 5.92 Å². The van der Waals surface area contributed by atoms with Crippen LogP contribution in [0.4, 0.5) is 4.79 Å². The molecule has 17 heavy (non-hydrogen) atoms. The zero-order valence-corrected chi connectivity index (χ0v) is 11.2. The predicted octanol–water partition coefficient (Wildman–Crippen LogP) is 1.98. The van der Waals surface area contributed by atoms with Crippen molar-refractivity contribution in [3.63, 3.8) is 0 Å². The van der Waals surface area contributed by atoms with E-state index < -0.39 is 11.5 Å². The van der Waals surface area contributed by atoms with E-state index in [1.807, 2.05) is 13.8 Å². The number of carbonyl (C=O) groups is 2. The lowest BCUT2D eigenvalue weighted by Crippen LogP contribution is -2.49. The van der Waals surface area contributed by atoms with Crippen molar-refractivity contribution in [1.82, 2.24) is 10.6 Å². The lowest BCUT2D eigenvalue weighted by atomic mass is 9.99.